The summed E-state index contributed by atoms with van der Waals surface area (Å²) in [6.45, 7) is 1.09. The molecule has 1 atom stereocenters. The lowest BCUT2D eigenvalue weighted by molar-refractivity contribution is 0.118. The molecule has 0 radical (unpaired) electrons. The van der Waals surface area contributed by atoms with Gasteiger partial charge in [-0.05, 0) is 30.5 Å². The maximum Gasteiger partial charge on any atom is 0.239 e. The SMILES string of the molecule is O=S(=O)(Cc1ccccc1)N(CC1CCCO1)c1ccccc1. The van der Waals surface area contributed by atoms with Gasteiger partial charge in [-0.1, -0.05) is 48.5 Å². The predicted octanol–water partition coefficient (Wildman–Crippen LogP) is 3.20. The minimum atomic E-state index is -3.46. The molecule has 0 bridgehead atoms. The molecule has 1 aliphatic rings. The van der Waals surface area contributed by atoms with Crippen LogP contribution in [0.2, 0.25) is 0 Å². The van der Waals surface area contributed by atoms with Crippen molar-refractivity contribution in [3.8, 4) is 0 Å². The number of para-hydroxylation sites is 1. The number of sulfonamides is 1. The van der Waals surface area contributed by atoms with E-state index in [2.05, 4.69) is 0 Å². The van der Waals surface area contributed by atoms with Crippen molar-refractivity contribution >= 4 is 15.7 Å². The smallest absolute Gasteiger partial charge is 0.239 e. The number of rotatable bonds is 6. The molecule has 122 valence electrons. The fourth-order valence-corrected chi connectivity index (χ4v) is 4.42. The van der Waals surface area contributed by atoms with E-state index >= 15 is 0 Å². The minimum Gasteiger partial charge on any atom is -0.376 e. The number of hydrogen-bond acceptors (Lipinski definition) is 3. The highest BCUT2D eigenvalue weighted by atomic mass is 32.2. The lowest BCUT2D eigenvalue weighted by atomic mass is 10.2. The van der Waals surface area contributed by atoms with Gasteiger partial charge in [0, 0.05) is 6.61 Å². The van der Waals surface area contributed by atoms with Gasteiger partial charge in [0.15, 0.2) is 0 Å². The fourth-order valence-electron chi connectivity index (χ4n) is 2.81. The Hall–Kier alpha value is -1.85. The number of nitrogens with zero attached hydrogens (tertiary/aromatic N) is 1. The third-order valence-corrected chi connectivity index (χ3v) is 5.69. The Labute approximate surface area is 137 Å². The van der Waals surface area contributed by atoms with Gasteiger partial charge in [0.25, 0.3) is 0 Å². The van der Waals surface area contributed by atoms with Crippen LogP contribution in [0.3, 0.4) is 0 Å². The van der Waals surface area contributed by atoms with E-state index in [0.29, 0.717) is 18.8 Å². The van der Waals surface area contributed by atoms with Crippen LogP contribution in [0, 0.1) is 0 Å². The Morgan fingerprint density at radius 3 is 2.26 bits per heavy atom. The molecule has 1 saturated heterocycles. The zero-order chi connectivity index (χ0) is 16.1. The molecule has 1 heterocycles. The summed E-state index contributed by atoms with van der Waals surface area (Å²) in [7, 11) is -3.46. The van der Waals surface area contributed by atoms with Gasteiger partial charge in [-0.15, -0.1) is 0 Å². The third kappa shape index (κ3) is 4.12. The first-order valence-corrected chi connectivity index (χ1v) is 9.47. The van der Waals surface area contributed by atoms with Crippen LogP contribution in [-0.4, -0.2) is 27.7 Å². The molecule has 2 aromatic rings. The summed E-state index contributed by atoms with van der Waals surface area (Å²) in [6.07, 6.45) is 1.87. The van der Waals surface area contributed by atoms with E-state index in [1.54, 1.807) is 0 Å². The Morgan fingerprint density at radius 1 is 1.00 bits per heavy atom. The topological polar surface area (TPSA) is 46.6 Å². The van der Waals surface area contributed by atoms with Crippen molar-refractivity contribution in [2.75, 3.05) is 17.5 Å². The van der Waals surface area contributed by atoms with Crippen molar-refractivity contribution in [2.45, 2.75) is 24.7 Å². The quantitative estimate of drug-likeness (QED) is 0.816. The average molecular weight is 331 g/mol. The minimum absolute atomic E-state index is 0.00451. The molecule has 3 rings (SSSR count). The monoisotopic (exact) mass is 331 g/mol. The molecule has 0 spiro atoms. The average Bonchev–Trinajstić information content (AvgIpc) is 3.07. The van der Waals surface area contributed by atoms with Crippen LogP contribution < -0.4 is 4.31 Å². The maximum atomic E-state index is 13.0. The molecule has 0 aliphatic carbocycles. The van der Waals surface area contributed by atoms with E-state index in [-0.39, 0.29) is 11.9 Å². The van der Waals surface area contributed by atoms with E-state index in [4.69, 9.17) is 4.74 Å². The zero-order valence-corrected chi connectivity index (χ0v) is 13.8. The van der Waals surface area contributed by atoms with Gasteiger partial charge in [-0.2, -0.15) is 0 Å². The van der Waals surface area contributed by atoms with Gasteiger partial charge >= 0.3 is 0 Å². The fraction of sp³-hybridized carbons (Fsp3) is 0.333. The standard InChI is InChI=1S/C18H21NO3S/c20-23(21,15-16-8-3-1-4-9-16)19(14-18-12-7-13-22-18)17-10-5-2-6-11-17/h1-6,8-11,18H,7,12-15H2. The predicted molar refractivity (Wildman–Crippen MR) is 91.8 cm³/mol. The molecular formula is C18H21NO3S. The highest BCUT2D eigenvalue weighted by Crippen LogP contribution is 2.24. The van der Waals surface area contributed by atoms with Crippen molar-refractivity contribution < 1.29 is 13.2 Å². The second-order valence-corrected chi connectivity index (χ2v) is 7.64. The first kappa shape index (κ1) is 16.0. The Bertz CT molecular complexity index is 710. The van der Waals surface area contributed by atoms with E-state index in [1.807, 2.05) is 60.7 Å². The number of anilines is 1. The molecule has 1 unspecified atom stereocenters. The van der Waals surface area contributed by atoms with E-state index in [0.717, 1.165) is 18.4 Å². The van der Waals surface area contributed by atoms with Crippen molar-refractivity contribution in [1.82, 2.24) is 0 Å². The first-order valence-electron chi connectivity index (χ1n) is 7.86. The van der Waals surface area contributed by atoms with Gasteiger partial charge in [0.2, 0.25) is 10.0 Å². The number of benzene rings is 2. The highest BCUT2D eigenvalue weighted by molar-refractivity contribution is 7.92. The van der Waals surface area contributed by atoms with Gasteiger partial charge in [0.05, 0.1) is 24.1 Å². The lowest BCUT2D eigenvalue weighted by Crippen LogP contribution is -2.38. The molecule has 0 amide bonds. The van der Waals surface area contributed by atoms with Crippen LogP contribution in [0.4, 0.5) is 5.69 Å². The van der Waals surface area contributed by atoms with Crippen molar-refractivity contribution in [3.63, 3.8) is 0 Å². The Morgan fingerprint density at radius 2 is 1.65 bits per heavy atom. The molecule has 2 aromatic carbocycles. The zero-order valence-electron chi connectivity index (χ0n) is 13.0. The van der Waals surface area contributed by atoms with Crippen molar-refractivity contribution in [3.05, 3.63) is 66.2 Å². The first-order chi connectivity index (χ1) is 11.1. The molecule has 4 nitrogen and oxygen atoms in total. The molecule has 0 aromatic heterocycles. The number of ether oxygens (including phenoxy) is 1. The molecule has 0 N–H and O–H groups in total. The largest absolute Gasteiger partial charge is 0.376 e. The number of hydrogen-bond donors (Lipinski definition) is 0. The second kappa shape index (κ2) is 7.15. The van der Waals surface area contributed by atoms with Crippen LogP contribution in [0.15, 0.2) is 60.7 Å². The maximum absolute atomic E-state index is 13.0. The molecule has 23 heavy (non-hydrogen) atoms. The van der Waals surface area contributed by atoms with Crippen molar-refractivity contribution in [1.29, 1.82) is 0 Å². The highest BCUT2D eigenvalue weighted by Gasteiger charge is 2.28. The summed E-state index contributed by atoms with van der Waals surface area (Å²) >= 11 is 0. The van der Waals surface area contributed by atoms with Gasteiger partial charge in [-0.25, -0.2) is 8.42 Å². The van der Waals surface area contributed by atoms with Crippen molar-refractivity contribution in [2.24, 2.45) is 0 Å². The third-order valence-electron chi connectivity index (χ3n) is 3.97. The van der Waals surface area contributed by atoms with Gasteiger partial charge in [0.1, 0.15) is 0 Å². The molecular weight excluding hydrogens is 310 g/mol. The summed E-state index contributed by atoms with van der Waals surface area (Å²) in [5, 5.41) is 0. The summed E-state index contributed by atoms with van der Waals surface area (Å²) in [6, 6.07) is 18.5. The lowest BCUT2D eigenvalue weighted by Gasteiger charge is -2.27. The van der Waals surface area contributed by atoms with Crippen LogP contribution >= 0.6 is 0 Å². The van der Waals surface area contributed by atoms with Gasteiger partial charge in [-0.3, -0.25) is 4.31 Å². The Balaban J connectivity index is 1.87. The van der Waals surface area contributed by atoms with E-state index < -0.39 is 10.0 Å². The van der Waals surface area contributed by atoms with Crippen LogP contribution in [0.1, 0.15) is 18.4 Å². The normalized spacial score (nSPS) is 18.0. The summed E-state index contributed by atoms with van der Waals surface area (Å²) in [4.78, 5) is 0. The molecule has 1 fully saturated rings. The van der Waals surface area contributed by atoms with E-state index in [1.165, 1.54) is 4.31 Å². The van der Waals surface area contributed by atoms with Crippen LogP contribution in [-0.2, 0) is 20.5 Å². The van der Waals surface area contributed by atoms with Gasteiger partial charge < -0.3 is 4.74 Å². The summed E-state index contributed by atoms with van der Waals surface area (Å²) in [5.74, 6) is -0.00451. The van der Waals surface area contributed by atoms with Crippen LogP contribution in [0.5, 0.6) is 0 Å². The van der Waals surface area contributed by atoms with E-state index in [9.17, 15) is 8.42 Å². The molecule has 0 saturated carbocycles. The Kier molecular flexibility index (Phi) is 4.98. The molecule has 1 aliphatic heterocycles. The summed E-state index contributed by atoms with van der Waals surface area (Å²) in [5.41, 5.74) is 1.49. The molecule has 5 heteroatoms. The van der Waals surface area contributed by atoms with Crippen LogP contribution in [0.25, 0.3) is 0 Å². The summed E-state index contributed by atoms with van der Waals surface area (Å²) < 4.78 is 33.1. The second-order valence-electron chi connectivity index (χ2n) is 5.74.